The molecule has 9 heteroatoms. The van der Waals surface area contributed by atoms with Crippen molar-refractivity contribution < 1.29 is 24.0 Å². The van der Waals surface area contributed by atoms with E-state index in [9.17, 15) is 24.5 Å². The van der Waals surface area contributed by atoms with E-state index in [1.165, 1.54) is 12.1 Å². The van der Waals surface area contributed by atoms with Crippen LogP contribution in [0.4, 0.5) is 11.4 Å². The molecule has 152 valence electrons. The molecule has 0 aromatic heterocycles. The van der Waals surface area contributed by atoms with Gasteiger partial charge < -0.3 is 15.4 Å². The van der Waals surface area contributed by atoms with Gasteiger partial charge in [0.15, 0.2) is 6.61 Å². The number of hydrogen-bond acceptors (Lipinski definition) is 6. The highest BCUT2D eigenvalue weighted by atomic mass is 16.6. The van der Waals surface area contributed by atoms with Crippen LogP contribution in [0, 0.1) is 24.0 Å². The highest BCUT2D eigenvalue weighted by Crippen LogP contribution is 2.27. The maximum atomic E-state index is 12.0. The summed E-state index contributed by atoms with van der Waals surface area (Å²) in [5, 5.41) is 15.9. The summed E-state index contributed by atoms with van der Waals surface area (Å²) in [5.74, 6) is -1.88. The summed E-state index contributed by atoms with van der Waals surface area (Å²) in [6, 6.07) is 11.8. The van der Waals surface area contributed by atoms with Crippen LogP contribution >= 0.6 is 0 Å². The first-order valence-corrected chi connectivity index (χ1v) is 8.78. The number of rotatable bonds is 8. The number of esters is 1. The van der Waals surface area contributed by atoms with Gasteiger partial charge in [-0.2, -0.15) is 0 Å². The molecule has 0 aliphatic rings. The zero-order chi connectivity index (χ0) is 21.4. The Morgan fingerprint density at radius 3 is 2.34 bits per heavy atom. The molecule has 29 heavy (non-hydrogen) atoms. The monoisotopic (exact) mass is 399 g/mol. The van der Waals surface area contributed by atoms with Crippen molar-refractivity contribution in [1.29, 1.82) is 0 Å². The summed E-state index contributed by atoms with van der Waals surface area (Å²) in [7, 11) is 0. The topological polar surface area (TPSA) is 128 Å². The lowest BCUT2D eigenvalue weighted by atomic mass is 10.1. The normalized spacial score (nSPS) is 10.1. The molecule has 0 aliphatic heterocycles. The van der Waals surface area contributed by atoms with Crippen LogP contribution in [0.15, 0.2) is 42.5 Å². The zero-order valence-electron chi connectivity index (χ0n) is 16.1. The van der Waals surface area contributed by atoms with Crippen molar-refractivity contribution >= 4 is 29.2 Å². The molecule has 0 saturated heterocycles. The predicted octanol–water partition coefficient (Wildman–Crippen LogP) is 2.05. The Morgan fingerprint density at radius 1 is 1.03 bits per heavy atom. The van der Waals surface area contributed by atoms with Crippen molar-refractivity contribution in [2.45, 2.75) is 20.3 Å². The Labute approximate surface area is 167 Å². The van der Waals surface area contributed by atoms with Crippen molar-refractivity contribution in [3.63, 3.8) is 0 Å². The van der Waals surface area contributed by atoms with Gasteiger partial charge in [-0.05, 0) is 36.6 Å². The Kier molecular flexibility index (Phi) is 7.41. The van der Waals surface area contributed by atoms with Crippen LogP contribution in [0.1, 0.15) is 16.7 Å². The van der Waals surface area contributed by atoms with E-state index in [2.05, 4.69) is 10.6 Å². The predicted molar refractivity (Wildman–Crippen MR) is 105 cm³/mol. The molecule has 2 aromatic rings. The smallest absolute Gasteiger partial charge is 0.325 e. The molecule has 2 amide bonds. The molecule has 0 bridgehead atoms. The van der Waals surface area contributed by atoms with E-state index < -0.39 is 23.4 Å². The SMILES string of the molecule is Cc1cc(NC(=O)COC(=O)CNC(=O)Cc2ccccc2)c([N+](=O)[O-])cc1C. The van der Waals surface area contributed by atoms with Crippen molar-refractivity contribution in [3.8, 4) is 0 Å². The number of nitro groups is 1. The molecule has 0 saturated carbocycles. The number of hydrogen-bond donors (Lipinski definition) is 2. The van der Waals surface area contributed by atoms with Crippen LogP contribution in [0.5, 0.6) is 0 Å². The van der Waals surface area contributed by atoms with Gasteiger partial charge in [0.1, 0.15) is 12.2 Å². The number of carbonyl (C=O) groups excluding carboxylic acids is 3. The van der Waals surface area contributed by atoms with E-state index >= 15 is 0 Å². The quantitative estimate of drug-likeness (QED) is 0.397. The summed E-state index contributed by atoms with van der Waals surface area (Å²) in [6.45, 7) is 2.47. The fraction of sp³-hybridized carbons (Fsp3) is 0.250. The molecule has 0 atom stereocenters. The average molecular weight is 399 g/mol. The van der Waals surface area contributed by atoms with Gasteiger partial charge in [0.2, 0.25) is 5.91 Å². The molecule has 0 spiro atoms. The maximum absolute atomic E-state index is 12.0. The molecular formula is C20H21N3O6. The van der Waals surface area contributed by atoms with E-state index in [1.807, 2.05) is 6.07 Å². The summed E-state index contributed by atoms with van der Waals surface area (Å²) in [6.07, 6.45) is 0.116. The molecule has 0 radical (unpaired) electrons. The molecule has 0 heterocycles. The first-order valence-electron chi connectivity index (χ1n) is 8.78. The Hall–Kier alpha value is -3.75. The molecule has 2 N–H and O–H groups in total. The van der Waals surface area contributed by atoms with Gasteiger partial charge >= 0.3 is 5.97 Å². The number of ether oxygens (including phenoxy) is 1. The van der Waals surface area contributed by atoms with E-state index in [0.29, 0.717) is 5.56 Å². The number of benzene rings is 2. The first-order chi connectivity index (χ1) is 13.8. The minimum Gasteiger partial charge on any atom is -0.454 e. The number of aryl methyl sites for hydroxylation is 2. The number of carbonyl (C=O) groups is 3. The van der Waals surface area contributed by atoms with Crippen molar-refractivity contribution in [2.75, 3.05) is 18.5 Å². The van der Waals surface area contributed by atoms with E-state index in [4.69, 9.17) is 4.74 Å². The molecular weight excluding hydrogens is 378 g/mol. The zero-order valence-corrected chi connectivity index (χ0v) is 16.1. The minimum atomic E-state index is -0.795. The number of anilines is 1. The van der Waals surface area contributed by atoms with E-state index in [0.717, 1.165) is 11.1 Å². The molecule has 2 rings (SSSR count). The Bertz CT molecular complexity index is 927. The molecule has 0 unspecified atom stereocenters. The van der Waals surface area contributed by atoms with Crippen LogP contribution in [0.3, 0.4) is 0 Å². The Balaban J connectivity index is 1.80. The first kappa shape index (κ1) is 21.5. The maximum Gasteiger partial charge on any atom is 0.325 e. The van der Waals surface area contributed by atoms with Gasteiger partial charge in [-0.3, -0.25) is 24.5 Å². The minimum absolute atomic E-state index is 0.0234. The lowest BCUT2D eigenvalue weighted by Gasteiger charge is -2.10. The van der Waals surface area contributed by atoms with Crippen molar-refractivity contribution in [1.82, 2.24) is 5.32 Å². The third kappa shape index (κ3) is 6.73. The van der Waals surface area contributed by atoms with Crippen LogP contribution in [-0.2, 0) is 25.5 Å². The van der Waals surface area contributed by atoms with Gasteiger partial charge in [0, 0.05) is 6.07 Å². The number of amides is 2. The molecule has 9 nitrogen and oxygen atoms in total. The number of nitro benzene ring substituents is 1. The van der Waals surface area contributed by atoms with Crippen LogP contribution < -0.4 is 10.6 Å². The van der Waals surface area contributed by atoms with Crippen molar-refractivity contribution in [3.05, 3.63) is 69.3 Å². The van der Waals surface area contributed by atoms with Crippen LogP contribution in [0.25, 0.3) is 0 Å². The van der Waals surface area contributed by atoms with Gasteiger partial charge in [0.05, 0.1) is 11.3 Å². The van der Waals surface area contributed by atoms with Crippen LogP contribution in [-0.4, -0.2) is 35.9 Å². The second kappa shape index (κ2) is 9.98. The highest BCUT2D eigenvalue weighted by Gasteiger charge is 2.18. The van der Waals surface area contributed by atoms with Gasteiger partial charge in [0.25, 0.3) is 11.6 Å². The summed E-state index contributed by atoms with van der Waals surface area (Å²) < 4.78 is 4.80. The lowest BCUT2D eigenvalue weighted by molar-refractivity contribution is -0.384. The van der Waals surface area contributed by atoms with Gasteiger partial charge in [-0.1, -0.05) is 30.3 Å². The highest BCUT2D eigenvalue weighted by molar-refractivity contribution is 5.95. The van der Waals surface area contributed by atoms with Gasteiger partial charge in [-0.15, -0.1) is 0 Å². The van der Waals surface area contributed by atoms with Gasteiger partial charge in [-0.25, -0.2) is 0 Å². The molecule has 0 aliphatic carbocycles. The third-order valence-electron chi connectivity index (χ3n) is 4.08. The fourth-order valence-corrected chi connectivity index (χ4v) is 2.45. The fourth-order valence-electron chi connectivity index (χ4n) is 2.45. The summed E-state index contributed by atoms with van der Waals surface area (Å²) in [5.41, 5.74) is 2.06. The van der Waals surface area contributed by atoms with E-state index in [-0.39, 0.29) is 30.2 Å². The molecule has 0 fully saturated rings. The lowest BCUT2D eigenvalue weighted by Crippen LogP contribution is -2.33. The van der Waals surface area contributed by atoms with Crippen molar-refractivity contribution in [2.24, 2.45) is 0 Å². The summed E-state index contributed by atoms with van der Waals surface area (Å²) in [4.78, 5) is 46.0. The Morgan fingerprint density at radius 2 is 1.69 bits per heavy atom. The number of nitrogens with zero attached hydrogens (tertiary/aromatic N) is 1. The number of nitrogens with one attached hydrogen (secondary N) is 2. The van der Waals surface area contributed by atoms with Crippen LogP contribution in [0.2, 0.25) is 0 Å². The third-order valence-corrected chi connectivity index (χ3v) is 4.08. The standard InChI is InChI=1S/C20H21N3O6/c1-13-8-16(17(23(27)28)9-14(13)2)22-19(25)12-29-20(26)11-21-18(24)10-15-6-4-3-5-7-15/h3-9H,10-12H2,1-2H3,(H,21,24)(H,22,25). The second-order valence-electron chi connectivity index (χ2n) is 6.36. The second-order valence-corrected chi connectivity index (χ2v) is 6.36. The largest absolute Gasteiger partial charge is 0.454 e. The summed E-state index contributed by atoms with van der Waals surface area (Å²) >= 11 is 0. The average Bonchev–Trinajstić information content (AvgIpc) is 2.68. The molecule has 2 aromatic carbocycles. The van der Waals surface area contributed by atoms with E-state index in [1.54, 1.807) is 38.1 Å².